The van der Waals surface area contributed by atoms with Crippen LogP contribution in [0.4, 0.5) is 0 Å². The molecule has 0 unspecified atom stereocenters. The molecule has 0 aliphatic heterocycles. The summed E-state index contributed by atoms with van der Waals surface area (Å²) in [5.74, 6) is -0.544. The molecule has 0 saturated carbocycles. The lowest BCUT2D eigenvalue weighted by Gasteiger charge is -2.02. The van der Waals surface area contributed by atoms with E-state index in [4.69, 9.17) is 10.3 Å². The molecule has 0 atom stereocenters. The summed E-state index contributed by atoms with van der Waals surface area (Å²) in [4.78, 5) is 14.6. The van der Waals surface area contributed by atoms with Gasteiger partial charge in [-0.2, -0.15) is 4.79 Å². The summed E-state index contributed by atoms with van der Waals surface area (Å²) >= 11 is 0. The average Bonchev–Trinajstić information content (AvgIpc) is 2.42. The van der Waals surface area contributed by atoms with Crippen LogP contribution in [-0.4, -0.2) is 16.5 Å². The van der Waals surface area contributed by atoms with Crippen LogP contribution in [0.5, 0.6) is 0 Å². The minimum absolute atomic E-state index is 0.0966. The van der Waals surface area contributed by atoms with Crippen LogP contribution < -0.4 is 0 Å². The van der Waals surface area contributed by atoms with Gasteiger partial charge in [0.25, 0.3) is 0 Å². The Kier molecular flexibility index (Phi) is 6.44. The van der Waals surface area contributed by atoms with E-state index >= 15 is 0 Å². The van der Waals surface area contributed by atoms with Gasteiger partial charge in [0.2, 0.25) is 0 Å². The molecule has 1 aromatic carbocycles. The molecule has 1 rings (SSSR count). The predicted molar refractivity (Wildman–Crippen MR) is 69.0 cm³/mol. The molecule has 0 spiro atoms. The molecule has 0 aromatic heterocycles. The van der Waals surface area contributed by atoms with E-state index in [1.54, 1.807) is 0 Å². The molecule has 1 aromatic rings. The van der Waals surface area contributed by atoms with Gasteiger partial charge in [-0.1, -0.05) is 50.1 Å². The van der Waals surface area contributed by atoms with Crippen LogP contribution in [0.15, 0.2) is 30.3 Å². The SMILES string of the molecule is CCCCCC(=[N+]=[N-])C(=O)OCc1ccccc1. The second-order valence-electron chi connectivity index (χ2n) is 4.07. The van der Waals surface area contributed by atoms with E-state index in [0.29, 0.717) is 6.42 Å². The summed E-state index contributed by atoms with van der Waals surface area (Å²) < 4.78 is 5.08. The predicted octanol–water partition coefficient (Wildman–Crippen LogP) is 2.98. The molecule has 0 bridgehead atoms. The first-order valence-corrected chi connectivity index (χ1v) is 6.20. The molecule has 0 aliphatic carbocycles. The molecule has 0 radical (unpaired) electrons. The summed E-state index contributed by atoms with van der Waals surface area (Å²) in [7, 11) is 0. The first kappa shape index (κ1) is 14.1. The molecule has 18 heavy (non-hydrogen) atoms. The van der Waals surface area contributed by atoms with E-state index in [9.17, 15) is 4.79 Å². The van der Waals surface area contributed by atoms with Crippen LogP contribution >= 0.6 is 0 Å². The van der Waals surface area contributed by atoms with Gasteiger partial charge in [0.15, 0.2) is 0 Å². The smallest absolute Gasteiger partial charge is 0.417 e. The van der Waals surface area contributed by atoms with E-state index in [0.717, 1.165) is 24.8 Å². The maximum absolute atomic E-state index is 11.6. The number of benzene rings is 1. The van der Waals surface area contributed by atoms with Crippen molar-refractivity contribution in [1.82, 2.24) is 0 Å². The summed E-state index contributed by atoms with van der Waals surface area (Å²) in [6, 6.07) is 9.41. The number of unbranched alkanes of at least 4 members (excludes halogenated alkanes) is 2. The highest BCUT2D eigenvalue weighted by molar-refractivity contribution is 6.33. The standard InChI is InChI=1S/C14H18N2O2/c1-2-3-5-10-13(16-15)14(17)18-11-12-8-6-4-7-9-12/h4,6-9H,2-3,5,10-11H2,1H3. The lowest BCUT2D eigenvalue weighted by atomic mass is 10.1. The summed E-state index contributed by atoms with van der Waals surface area (Å²) in [6.45, 7) is 2.27. The van der Waals surface area contributed by atoms with Gasteiger partial charge < -0.3 is 10.3 Å². The van der Waals surface area contributed by atoms with E-state index in [1.165, 1.54) is 0 Å². The number of hydrogen-bond acceptors (Lipinski definition) is 2. The molecular weight excluding hydrogens is 228 g/mol. The molecule has 0 N–H and O–H groups in total. The van der Waals surface area contributed by atoms with E-state index in [-0.39, 0.29) is 12.3 Å². The van der Waals surface area contributed by atoms with Crippen molar-refractivity contribution in [3.05, 3.63) is 41.4 Å². The first-order valence-electron chi connectivity index (χ1n) is 6.20. The van der Waals surface area contributed by atoms with Gasteiger partial charge in [0.1, 0.15) is 6.61 Å². The number of carbonyl (C=O) groups excluding carboxylic acids is 1. The molecule has 4 heteroatoms. The van der Waals surface area contributed by atoms with Crippen LogP contribution in [0.2, 0.25) is 0 Å². The zero-order valence-electron chi connectivity index (χ0n) is 10.6. The minimum Gasteiger partial charge on any atom is -0.452 e. The Morgan fingerprint density at radius 3 is 2.61 bits per heavy atom. The van der Waals surface area contributed by atoms with Crippen LogP contribution in [-0.2, 0) is 16.1 Å². The number of hydrogen-bond donors (Lipinski definition) is 0. The highest BCUT2D eigenvalue weighted by Crippen LogP contribution is 2.04. The summed E-state index contributed by atoms with van der Waals surface area (Å²) in [5, 5.41) is 0. The second kappa shape index (κ2) is 8.20. The van der Waals surface area contributed by atoms with Crippen molar-refractivity contribution in [2.45, 2.75) is 39.2 Å². The van der Waals surface area contributed by atoms with Crippen molar-refractivity contribution in [2.75, 3.05) is 0 Å². The number of esters is 1. The number of nitrogens with zero attached hydrogens (tertiary/aromatic N) is 2. The van der Waals surface area contributed by atoms with Gasteiger partial charge in [-0.05, 0) is 12.0 Å². The van der Waals surface area contributed by atoms with Gasteiger partial charge in [0, 0.05) is 0 Å². The van der Waals surface area contributed by atoms with Crippen LogP contribution in [0.3, 0.4) is 0 Å². The van der Waals surface area contributed by atoms with Gasteiger partial charge in [0.05, 0.1) is 6.42 Å². The maximum Gasteiger partial charge on any atom is 0.417 e. The van der Waals surface area contributed by atoms with Gasteiger partial charge >= 0.3 is 11.7 Å². The Balaban J connectivity index is 2.41. The molecule has 0 amide bonds. The Bertz CT molecular complexity index is 423. The minimum atomic E-state index is -0.544. The first-order chi connectivity index (χ1) is 8.77. The lowest BCUT2D eigenvalue weighted by Crippen LogP contribution is -2.18. The highest BCUT2D eigenvalue weighted by atomic mass is 16.5. The van der Waals surface area contributed by atoms with Crippen molar-refractivity contribution in [2.24, 2.45) is 0 Å². The fraction of sp³-hybridized carbons (Fsp3) is 0.429. The number of rotatable bonds is 7. The topological polar surface area (TPSA) is 62.7 Å². The van der Waals surface area contributed by atoms with Crippen molar-refractivity contribution in [3.63, 3.8) is 0 Å². The van der Waals surface area contributed by atoms with E-state index < -0.39 is 5.97 Å². The molecule has 0 aliphatic rings. The zero-order valence-corrected chi connectivity index (χ0v) is 10.6. The third-order valence-electron chi connectivity index (χ3n) is 2.59. The monoisotopic (exact) mass is 246 g/mol. The second-order valence-corrected chi connectivity index (χ2v) is 4.07. The van der Waals surface area contributed by atoms with Crippen molar-refractivity contribution >= 4 is 11.7 Å². The summed E-state index contributed by atoms with van der Waals surface area (Å²) in [5.41, 5.74) is 9.79. The quantitative estimate of drug-likeness (QED) is 0.244. The fourth-order valence-electron chi connectivity index (χ4n) is 1.54. The molecule has 0 fully saturated rings. The molecular formula is C14H18N2O2. The number of carbonyl (C=O) groups is 1. The Hall–Kier alpha value is -1.93. The molecule has 0 saturated heterocycles. The lowest BCUT2D eigenvalue weighted by molar-refractivity contribution is -0.141. The molecule has 4 nitrogen and oxygen atoms in total. The molecule has 0 heterocycles. The van der Waals surface area contributed by atoms with Crippen molar-refractivity contribution in [1.29, 1.82) is 0 Å². The van der Waals surface area contributed by atoms with Crippen molar-refractivity contribution < 1.29 is 14.3 Å². The zero-order chi connectivity index (χ0) is 13.2. The molecule has 96 valence electrons. The van der Waals surface area contributed by atoms with Gasteiger partial charge in [-0.15, -0.1) is 0 Å². The van der Waals surface area contributed by atoms with Crippen molar-refractivity contribution in [3.8, 4) is 0 Å². The Labute approximate surface area is 107 Å². The van der Waals surface area contributed by atoms with Crippen LogP contribution in [0.1, 0.15) is 38.2 Å². The van der Waals surface area contributed by atoms with Gasteiger partial charge in [-0.3, -0.25) is 0 Å². The fourth-order valence-corrected chi connectivity index (χ4v) is 1.54. The van der Waals surface area contributed by atoms with Crippen LogP contribution in [0, 0.1) is 0 Å². The largest absolute Gasteiger partial charge is 0.452 e. The third kappa shape index (κ3) is 4.93. The number of ether oxygens (including phenoxy) is 1. The maximum atomic E-state index is 11.6. The Morgan fingerprint density at radius 1 is 1.28 bits per heavy atom. The third-order valence-corrected chi connectivity index (χ3v) is 2.59. The van der Waals surface area contributed by atoms with E-state index in [1.807, 2.05) is 30.3 Å². The normalized spacial score (nSPS) is 9.61. The average molecular weight is 246 g/mol. The van der Waals surface area contributed by atoms with E-state index in [2.05, 4.69) is 11.7 Å². The highest BCUT2D eigenvalue weighted by Gasteiger charge is 2.21. The van der Waals surface area contributed by atoms with Gasteiger partial charge in [-0.25, -0.2) is 4.79 Å². The van der Waals surface area contributed by atoms with Crippen LogP contribution in [0.25, 0.3) is 5.53 Å². The summed E-state index contributed by atoms with van der Waals surface area (Å²) in [6.07, 6.45) is 3.34. The Morgan fingerprint density at radius 2 is 2.00 bits per heavy atom.